The van der Waals surface area contributed by atoms with Gasteiger partial charge in [0.25, 0.3) is 0 Å². The summed E-state index contributed by atoms with van der Waals surface area (Å²) in [6.07, 6.45) is 4.26. The molecule has 0 radical (unpaired) electrons. The van der Waals surface area contributed by atoms with Gasteiger partial charge in [0.2, 0.25) is 0 Å². The zero-order valence-electron chi connectivity index (χ0n) is 13.0. The van der Waals surface area contributed by atoms with Crippen LogP contribution in [0.5, 0.6) is 0 Å². The maximum Gasteiger partial charge on any atom is 0.338 e. The lowest BCUT2D eigenvalue weighted by molar-refractivity contribution is 0.0691. The van der Waals surface area contributed by atoms with Crippen molar-refractivity contribution in [2.45, 2.75) is 53.0 Å². The van der Waals surface area contributed by atoms with Crippen LogP contribution < -0.4 is 5.32 Å². The molecular weight excluding hydrogens is 271 g/mol. The molecule has 0 unspecified atom stereocenters. The smallest absolute Gasteiger partial charge is 0.338 e. The molecule has 0 atom stereocenters. The lowest BCUT2D eigenvalue weighted by atomic mass is 9.63. The highest BCUT2D eigenvalue weighted by Crippen LogP contribution is 2.46. The van der Waals surface area contributed by atoms with Crippen LogP contribution in [-0.2, 0) is 0 Å². The number of hydrogen-bond donors (Lipinski definition) is 2. The minimum absolute atomic E-state index is 0.0356. The molecule has 1 aliphatic rings. The van der Waals surface area contributed by atoms with E-state index in [2.05, 4.69) is 38.0 Å². The van der Waals surface area contributed by atoms with Crippen molar-refractivity contribution in [1.29, 1.82) is 0 Å². The number of aromatic carboxylic acids is 1. The molecule has 116 valence electrons. The summed E-state index contributed by atoms with van der Waals surface area (Å²) in [6.45, 7) is 8.83. The molecule has 5 heteroatoms. The second kappa shape index (κ2) is 5.28. The topological polar surface area (TPSA) is 62.2 Å². The number of halogens is 1. The van der Waals surface area contributed by atoms with Gasteiger partial charge >= 0.3 is 5.97 Å². The molecule has 1 aromatic heterocycles. The molecule has 21 heavy (non-hydrogen) atoms. The zero-order chi connectivity index (χ0) is 15.8. The normalized spacial score (nSPS) is 21.0. The van der Waals surface area contributed by atoms with E-state index < -0.39 is 11.8 Å². The summed E-state index contributed by atoms with van der Waals surface area (Å²) in [5, 5.41) is 12.1. The second-order valence-electron chi connectivity index (χ2n) is 7.58. The molecule has 1 heterocycles. The maximum atomic E-state index is 14.2. The highest BCUT2D eigenvalue weighted by Gasteiger charge is 2.38. The fourth-order valence-corrected chi connectivity index (χ4v) is 3.85. The molecular formula is C16H23FN2O2. The van der Waals surface area contributed by atoms with Crippen molar-refractivity contribution in [3.63, 3.8) is 0 Å². The number of pyridine rings is 1. The molecule has 2 N–H and O–H groups in total. The Kier molecular flexibility index (Phi) is 3.95. The van der Waals surface area contributed by atoms with Crippen molar-refractivity contribution < 1.29 is 14.3 Å². The first-order valence-electron chi connectivity index (χ1n) is 7.24. The monoisotopic (exact) mass is 294 g/mol. The molecule has 1 fully saturated rings. The van der Waals surface area contributed by atoms with Gasteiger partial charge in [-0.1, -0.05) is 27.7 Å². The first-order valence-corrected chi connectivity index (χ1v) is 7.24. The number of carbonyl (C=O) groups is 1. The van der Waals surface area contributed by atoms with Crippen LogP contribution in [0.4, 0.5) is 10.2 Å². The van der Waals surface area contributed by atoms with E-state index in [-0.39, 0.29) is 28.3 Å². The molecule has 0 amide bonds. The van der Waals surface area contributed by atoms with E-state index >= 15 is 0 Å². The third kappa shape index (κ3) is 3.71. The number of nitrogens with zero attached hydrogens (tertiary/aromatic N) is 1. The minimum Gasteiger partial charge on any atom is -0.478 e. The first kappa shape index (κ1) is 15.7. The van der Waals surface area contributed by atoms with Gasteiger partial charge in [0.15, 0.2) is 11.6 Å². The number of hydrogen-bond acceptors (Lipinski definition) is 3. The van der Waals surface area contributed by atoms with Crippen molar-refractivity contribution in [3.8, 4) is 0 Å². The predicted molar refractivity (Wildman–Crippen MR) is 80.0 cm³/mol. The number of anilines is 1. The third-order valence-corrected chi connectivity index (χ3v) is 4.02. The highest BCUT2D eigenvalue weighted by atomic mass is 19.1. The Morgan fingerprint density at radius 2 is 1.90 bits per heavy atom. The average Bonchev–Trinajstić information content (AvgIpc) is 2.27. The number of carboxylic acid groups (broad SMARTS) is 1. The average molecular weight is 294 g/mol. The fraction of sp³-hybridized carbons (Fsp3) is 0.625. The van der Waals surface area contributed by atoms with Crippen LogP contribution >= 0.6 is 0 Å². The largest absolute Gasteiger partial charge is 0.478 e. The number of nitrogens with one attached hydrogen (secondary N) is 1. The van der Waals surface area contributed by atoms with Gasteiger partial charge in [0, 0.05) is 12.2 Å². The van der Waals surface area contributed by atoms with Crippen LogP contribution in [0.3, 0.4) is 0 Å². The van der Waals surface area contributed by atoms with Crippen LogP contribution in [0, 0.1) is 16.6 Å². The quantitative estimate of drug-likeness (QED) is 0.886. The van der Waals surface area contributed by atoms with E-state index in [9.17, 15) is 9.18 Å². The van der Waals surface area contributed by atoms with Crippen LogP contribution in [-0.4, -0.2) is 22.1 Å². The molecule has 0 aliphatic heterocycles. The Hall–Kier alpha value is -1.65. The van der Waals surface area contributed by atoms with Crippen molar-refractivity contribution >= 4 is 11.8 Å². The summed E-state index contributed by atoms with van der Waals surface area (Å²) in [5.41, 5.74) is -0.0116. The summed E-state index contributed by atoms with van der Waals surface area (Å²) < 4.78 is 14.2. The minimum atomic E-state index is -1.28. The molecule has 4 nitrogen and oxygen atoms in total. The van der Waals surface area contributed by atoms with Crippen molar-refractivity contribution in [3.05, 3.63) is 23.6 Å². The van der Waals surface area contributed by atoms with E-state index in [4.69, 9.17) is 5.11 Å². The molecule has 1 saturated carbocycles. The first-order chi connectivity index (χ1) is 9.60. The highest BCUT2D eigenvalue weighted by molar-refractivity contribution is 5.88. The maximum absolute atomic E-state index is 14.2. The molecule has 1 aliphatic carbocycles. The van der Waals surface area contributed by atoms with E-state index in [1.165, 1.54) is 12.3 Å². The van der Waals surface area contributed by atoms with Crippen molar-refractivity contribution in [1.82, 2.24) is 4.98 Å². The molecule has 2 rings (SSSR count). The van der Waals surface area contributed by atoms with E-state index in [0.717, 1.165) is 19.3 Å². The van der Waals surface area contributed by atoms with Gasteiger partial charge < -0.3 is 10.4 Å². The summed E-state index contributed by atoms with van der Waals surface area (Å²) >= 11 is 0. The van der Waals surface area contributed by atoms with E-state index in [0.29, 0.717) is 0 Å². The standard InChI is InChI=1S/C16H23FN2O2/c1-15(2)7-10(8-16(3,4)9-15)19-13-12(17)11(14(20)21)5-6-18-13/h5-6,10H,7-9H2,1-4H3,(H,18,19)(H,20,21). The lowest BCUT2D eigenvalue weighted by Crippen LogP contribution is -2.40. The predicted octanol–water partition coefficient (Wildman–Crippen LogP) is 3.94. The van der Waals surface area contributed by atoms with Gasteiger partial charge in [-0.15, -0.1) is 0 Å². The molecule has 0 spiro atoms. The fourth-order valence-electron chi connectivity index (χ4n) is 3.85. The Morgan fingerprint density at radius 1 is 1.33 bits per heavy atom. The van der Waals surface area contributed by atoms with Gasteiger partial charge in [0.1, 0.15) is 5.56 Å². The summed E-state index contributed by atoms with van der Waals surface area (Å²) in [7, 11) is 0. The van der Waals surface area contributed by atoms with Crippen LogP contribution in [0.2, 0.25) is 0 Å². The SMILES string of the molecule is CC1(C)CC(Nc2nccc(C(=O)O)c2F)CC(C)(C)C1. The summed E-state index contributed by atoms with van der Waals surface area (Å²) in [4.78, 5) is 14.9. The molecule has 0 bridgehead atoms. The molecule has 0 saturated heterocycles. The number of carboxylic acids is 1. The summed E-state index contributed by atoms with van der Waals surface area (Å²) in [5.74, 6) is -2.03. The van der Waals surface area contributed by atoms with E-state index in [1.54, 1.807) is 0 Å². The Bertz CT molecular complexity index is 539. The Morgan fingerprint density at radius 3 is 2.43 bits per heavy atom. The number of rotatable bonds is 3. The third-order valence-electron chi connectivity index (χ3n) is 4.02. The lowest BCUT2D eigenvalue weighted by Gasteiger charge is -2.45. The zero-order valence-corrected chi connectivity index (χ0v) is 13.0. The van der Waals surface area contributed by atoms with E-state index in [1.807, 2.05) is 0 Å². The Labute approximate surface area is 124 Å². The van der Waals surface area contributed by atoms with Gasteiger partial charge in [-0.2, -0.15) is 0 Å². The van der Waals surface area contributed by atoms with Crippen LogP contribution in [0.25, 0.3) is 0 Å². The molecule has 1 aromatic rings. The number of aromatic nitrogens is 1. The summed E-state index contributed by atoms with van der Waals surface area (Å²) in [6, 6.07) is 1.27. The molecule has 0 aromatic carbocycles. The van der Waals surface area contributed by atoms with Crippen molar-refractivity contribution in [2.24, 2.45) is 10.8 Å². The van der Waals surface area contributed by atoms with Gasteiger partial charge in [0.05, 0.1) is 0 Å². The second-order valence-corrected chi connectivity index (χ2v) is 7.58. The Balaban J connectivity index is 2.22. The van der Waals surface area contributed by atoms with Gasteiger partial charge in [-0.05, 0) is 36.2 Å². The van der Waals surface area contributed by atoms with Crippen LogP contribution in [0.1, 0.15) is 57.3 Å². The van der Waals surface area contributed by atoms with Crippen molar-refractivity contribution in [2.75, 3.05) is 5.32 Å². The van der Waals surface area contributed by atoms with Gasteiger partial charge in [-0.25, -0.2) is 14.2 Å². The van der Waals surface area contributed by atoms with Gasteiger partial charge in [-0.3, -0.25) is 0 Å². The van der Waals surface area contributed by atoms with Crippen LogP contribution in [0.15, 0.2) is 12.3 Å².